The standard InChI is InChI=1S/C16H15BrFNO2/c1-10-3-6-12(7-4-10)19-16(2,15(20)21)13-8-5-11(17)9-14(13)18/h3-9,19H,1-2H3,(H,20,21). The van der Waals surface area contributed by atoms with E-state index in [0.717, 1.165) is 5.56 Å². The van der Waals surface area contributed by atoms with Crippen molar-refractivity contribution in [2.75, 3.05) is 5.32 Å². The molecule has 0 radical (unpaired) electrons. The van der Waals surface area contributed by atoms with Gasteiger partial charge in [-0.05, 0) is 38.1 Å². The van der Waals surface area contributed by atoms with E-state index in [1.54, 1.807) is 18.2 Å². The summed E-state index contributed by atoms with van der Waals surface area (Å²) in [5, 5.41) is 12.5. The van der Waals surface area contributed by atoms with Crippen LogP contribution >= 0.6 is 15.9 Å². The molecule has 1 atom stereocenters. The van der Waals surface area contributed by atoms with E-state index in [0.29, 0.717) is 10.2 Å². The summed E-state index contributed by atoms with van der Waals surface area (Å²) >= 11 is 3.17. The molecule has 0 amide bonds. The average Bonchev–Trinajstić information content (AvgIpc) is 2.41. The molecule has 21 heavy (non-hydrogen) atoms. The molecule has 0 saturated heterocycles. The van der Waals surface area contributed by atoms with Crippen molar-refractivity contribution in [2.24, 2.45) is 0 Å². The third-order valence-electron chi connectivity index (χ3n) is 3.34. The van der Waals surface area contributed by atoms with Crippen LogP contribution in [0.1, 0.15) is 18.1 Å². The monoisotopic (exact) mass is 351 g/mol. The first kappa shape index (κ1) is 15.5. The predicted molar refractivity (Wildman–Crippen MR) is 83.9 cm³/mol. The highest BCUT2D eigenvalue weighted by Crippen LogP contribution is 2.30. The second kappa shape index (κ2) is 5.85. The van der Waals surface area contributed by atoms with Gasteiger partial charge in [0.25, 0.3) is 0 Å². The van der Waals surface area contributed by atoms with Crippen LogP contribution in [0.5, 0.6) is 0 Å². The Balaban J connectivity index is 2.45. The molecule has 0 fully saturated rings. The number of aryl methyl sites for hydroxylation is 1. The van der Waals surface area contributed by atoms with Gasteiger partial charge in [0.2, 0.25) is 0 Å². The first-order valence-corrected chi connectivity index (χ1v) is 7.16. The van der Waals surface area contributed by atoms with E-state index in [4.69, 9.17) is 0 Å². The fraction of sp³-hybridized carbons (Fsp3) is 0.188. The van der Waals surface area contributed by atoms with E-state index < -0.39 is 17.3 Å². The van der Waals surface area contributed by atoms with Crippen molar-refractivity contribution in [1.29, 1.82) is 0 Å². The van der Waals surface area contributed by atoms with Gasteiger partial charge in [0, 0.05) is 15.7 Å². The lowest BCUT2D eigenvalue weighted by Crippen LogP contribution is -2.41. The summed E-state index contributed by atoms with van der Waals surface area (Å²) in [6.07, 6.45) is 0. The van der Waals surface area contributed by atoms with Crippen LogP contribution in [0.2, 0.25) is 0 Å². The smallest absolute Gasteiger partial charge is 0.333 e. The second-order valence-corrected chi connectivity index (χ2v) is 5.96. The summed E-state index contributed by atoms with van der Waals surface area (Å²) in [5.41, 5.74) is 0.207. The van der Waals surface area contributed by atoms with Gasteiger partial charge in [0.05, 0.1) is 0 Å². The minimum atomic E-state index is -1.56. The molecule has 2 aromatic carbocycles. The molecule has 5 heteroatoms. The molecule has 0 spiro atoms. The minimum Gasteiger partial charge on any atom is -0.479 e. The number of carbonyl (C=O) groups is 1. The maximum Gasteiger partial charge on any atom is 0.333 e. The first-order chi connectivity index (χ1) is 9.83. The second-order valence-electron chi connectivity index (χ2n) is 5.05. The van der Waals surface area contributed by atoms with Crippen LogP contribution in [0.3, 0.4) is 0 Å². The number of hydrogen-bond donors (Lipinski definition) is 2. The van der Waals surface area contributed by atoms with Crippen molar-refractivity contribution in [1.82, 2.24) is 0 Å². The van der Waals surface area contributed by atoms with Crippen molar-refractivity contribution in [2.45, 2.75) is 19.4 Å². The van der Waals surface area contributed by atoms with Crippen LogP contribution in [0.25, 0.3) is 0 Å². The molecule has 0 aliphatic carbocycles. The van der Waals surface area contributed by atoms with Gasteiger partial charge in [0.15, 0.2) is 5.54 Å². The van der Waals surface area contributed by atoms with Gasteiger partial charge in [-0.25, -0.2) is 9.18 Å². The van der Waals surface area contributed by atoms with Crippen LogP contribution in [0.4, 0.5) is 10.1 Å². The summed E-state index contributed by atoms with van der Waals surface area (Å²) in [7, 11) is 0. The Morgan fingerprint density at radius 1 is 1.24 bits per heavy atom. The highest BCUT2D eigenvalue weighted by Gasteiger charge is 2.37. The number of carboxylic acid groups (broad SMARTS) is 1. The van der Waals surface area contributed by atoms with Crippen LogP contribution in [0, 0.1) is 12.7 Å². The summed E-state index contributed by atoms with van der Waals surface area (Å²) in [4.78, 5) is 11.7. The van der Waals surface area contributed by atoms with Crippen LogP contribution < -0.4 is 5.32 Å². The van der Waals surface area contributed by atoms with Gasteiger partial charge in [-0.3, -0.25) is 0 Å². The van der Waals surface area contributed by atoms with Crippen LogP contribution in [-0.2, 0) is 10.3 Å². The summed E-state index contributed by atoms with van der Waals surface area (Å²) in [6, 6.07) is 11.6. The Kier molecular flexibility index (Phi) is 4.32. The molecule has 0 bridgehead atoms. The summed E-state index contributed by atoms with van der Waals surface area (Å²) in [6.45, 7) is 3.38. The van der Waals surface area contributed by atoms with Crippen molar-refractivity contribution >= 4 is 27.6 Å². The predicted octanol–water partition coefficient (Wildman–Crippen LogP) is 4.31. The van der Waals surface area contributed by atoms with E-state index in [9.17, 15) is 14.3 Å². The quantitative estimate of drug-likeness (QED) is 0.862. The number of nitrogens with one attached hydrogen (secondary N) is 1. The Morgan fingerprint density at radius 3 is 2.38 bits per heavy atom. The van der Waals surface area contributed by atoms with Gasteiger partial charge in [-0.2, -0.15) is 0 Å². The fourth-order valence-electron chi connectivity index (χ4n) is 2.06. The molecule has 2 rings (SSSR count). The fourth-order valence-corrected chi connectivity index (χ4v) is 2.39. The van der Waals surface area contributed by atoms with Crippen molar-refractivity contribution in [3.8, 4) is 0 Å². The highest BCUT2D eigenvalue weighted by atomic mass is 79.9. The maximum absolute atomic E-state index is 14.1. The lowest BCUT2D eigenvalue weighted by molar-refractivity contribution is -0.142. The number of anilines is 1. The SMILES string of the molecule is Cc1ccc(NC(C)(C(=O)O)c2ccc(Br)cc2F)cc1. The molecule has 0 heterocycles. The zero-order valence-corrected chi connectivity index (χ0v) is 13.2. The molecule has 3 nitrogen and oxygen atoms in total. The van der Waals surface area contributed by atoms with Crippen molar-refractivity contribution in [3.63, 3.8) is 0 Å². The molecule has 0 aromatic heterocycles. The van der Waals surface area contributed by atoms with Gasteiger partial charge >= 0.3 is 5.97 Å². The Bertz CT molecular complexity index is 672. The highest BCUT2D eigenvalue weighted by molar-refractivity contribution is 9.10. The van der Waals surface area contributed by atoms with Crippen LogP contribution in [-0.4, -0.2) is 11.1 Å². The molecule has 2 aromatic rings. The minimum absolute atomic E-state index is 0.0822. The number of aliphatic carboxylic acids is 1. The lowest BCUT2D eigenvalue weighted by Gasteiger charge is -2.28. The molecule has 0 saturated carbocycles. The number of halogens is 2. The molecule has 1 unspecified atom stereocenters. The number of carboxylic acids is 1. The molecule has 110 valence electrons. The molecular weight excluding hydrogens is 337 g/mol. The van der Waals surface area contributed by atoms with Gasteiger partial charge in [-0.15, -0.1) is 0 Å². The number of rotatable bonds is 4. The molecule has 0 aliphatic rings. The zero-order chi connectivity index (χ0) is 15.6. The number of benzene rings is 2. The topological polar surface area (TPSA) is 49.3 Å². The zero-order valence-electron chi connectivity index (χ0n) is 11.7. The van der Waals surface area contributed by atoms with Crippen molar-refractivity contribution in [3.05, 3.63) is 63.9 Å². The van der Waals surface area contributed by atoms with Gasteiger partial charge < -0.3 is 10.4 Å². The van der Waals surface area contributed by atoms with E-state index >= 15 is 0 Å². The first-order valence-electron chi connectivity index (χ1n) is 6.37. The van der Waals surface area contributed by atoms with E-state index in [1.165, 1.54) is 19.1 Å². The van der Waals surface area contributed by atoms with Crippen molar-refractivity contribution < 1.29 is 14.3 Å². The Morgan fingerprint density at radius 2 is 1.86 bits per heavy atom. The molecule has 2 N–H and O–H groups in total. The van der Waals surface area contributed by atoms with Gasteiger partial charge in [0.1, 0.15) is 5.82 Å². The molecular formula is C16H15BrFNO2. The maximum atomic E-state index is 14.1. The van der Waals surface area contributed by atoms with E-state index in [2.05, 4.69) is 21.2 Å². The Hall–Kier alpha value is -1.88. The normalized spacial score (nSPS) is 13.5. The molecule has 0 aliphatic heterocycles. The van der Waals surface area contributed by atoms with E-state index in [-0.39, 0.29) is 5.56 Å². The lowest BCUT2D eigenvalue weighted by atomic mass is 9.91. The third-order valence-corrected chi connectivity index (χ3v) is 3.84. The van der Waals surface area contributed by atoms with Crippen LogP contribution in [0.15, 0.2) is 46.9 Å². The summed E-state index contributed by atoms with van der Waals surface area (Å²) < 4.78 is 14.7. The summed E-state index contributed by atoms with van der Waals surface area (Å²) in [5.74, 6) is -1.72. The third kappa shape index (κ3) is 3.24. The Labute approximate surface area is 130 Å². The number of hydrogen-bond acceptors (Lipinski definition) is 2. The van der Waals surface area contributed by atoms with Gasteiger partial charge in [-0.1, -0.05) is 39.7 Å². The largest absolute Gasteiger partial charge is 0.479 e. The average molecular weight is 352 g/mol. The van der Waals surface area contributed by atoms with E-state index in [1.807, 2.05) is 19.1 Å².